The maximum atomic E-state index is 6.26. The van der Waals surface area contributed by atoms with Crippen LogP contribution in [-0.2, 0) is 11.2 Å². The molecule has 5 nitrogen and oxygen atoms in total. The molecule has 1 saturated carbocycles. The molecule has 0 spiro atoms. The number of hydrogen-bond donors (Lipinski definition) is 1. The number of anilines is 1. The molecule has 2 N–H and O–H groups in total. The number of aromatic nitrogens is 3. The van der Waals surface area contributed by atoms with Crippen molar-refractivity contribution < 1.29 is 4.74 Å². The molecule has 128 valence electrons. The van der Waals surface area contributed by atoms with E-state index in [1.54, 1.807) is 7.11 Å². The molecule has 0 aromatic carbocycles. The fourth-order valence-electron chi connectivity index (χ4n) is 3.51. The minimum Gasteiger partial charge on any atom is -0.397 e. The topological polar surface area (TPSA) is 73.9 Å². The van der Waals surface area contributed by atoms with Gasteiger partial charge in [-0.3, -0.25) is 9.97 Å². The number of nitrogen functional groups attached to an aromatic ring is 1. The number of aryl methyl sites for hydroxylation is 1. The molecular weight excluding hydrogens is 312 g/mol. The third kappa shape index (κ3) is 2.96. The molecule has 0 radical (unpaired) electrons. The summed E-state index contributed by atoms with van der Waals surface area (Å²) in [4.78, 5) is 13.7. The maximum absolute atomic E-state index is 6.26. The zero-order valence-corrected chi connectivity index (χ0v) is 14.6. The highest BCUT2D eigenvalue weighted by Crippen LogP contribution is 2.47. The average Bonchev–Trinajstić information content (AvgIpc) is 3.41. The van der Waals surface area contributed by atoms with E-state index >= 15 is 0 Å². The van der Waals surface area contributed by atoms with Gasteiger partial charge in [0.05, 0.1) is 16.9 Å². The molecule has 0 aliphatic heterocycles. The van der Waals surface area contributed by atoms with E-state index in [0.717, 1.165) is 41.7 Å². The van der Waals surface area contributed by atoms with Crippen LogP contribution in [0.4, 0.5) is 5.69 Å². The van der Waals surface area contributed by atoms with E-state index in [4.69, 9.17) is 15.5 Å². The largest absolute Gasteiger partial charge is 0.397 e. The molecule has 2 atom stereocenters. The summed E-state index contributed by atoms with van der Waals surface area (Å²) < 4.78 is 5.26. The summed E-state index contributed by atoms with van der Waals surface area (Å²) >= 11 is 0. The van der Waals surface area contributed by atoms with Crippen LogP contribution in [0.3, 0.4) is 0 Å². The normalized spacial score (nSPS) is 19.3. The molecule has 0 amide bonds. The van der Waals surface area contributed by atoms with Gasteiger partial charge in [-0.1, -0.05) is 6.92 Å². The van der Waals surface area contributed by atoms with Gasteiger partial charge in [0, 0.05) is 37.9 Å². The molecule has 5 heteroatoms. The second-order valence-electron chi connectivity index (χ2n) is 6.68. The Morgan fingerprint density at radius 2 is 2.16 bits per heavy atom. The van der Waals surface area contributed by atoms with Gasteiger partial charge in [0.1, 0.15) is 5.52 Å². The minimum absolute atomic E-state index is 0.521. The third-order valence-corrected chi connectivity index (χ3v) is 4.99. The van der Waals surface area contributed by atoms with Gasteiger partial charge < -0.3 is 10.5 Å². The fraction of sp³-hybridized carbons (Fsp3) is 0.350. The highest BCUT2D eigenvalue weighted by Gasteiger charge is 2.38. The van der Waals surface area contributed by atoms with Crippen molar-refractivity contribution in [1.29, 1.82) is 0 Å². The van der Waals surface area contributed by atoms with Crippen molar-refractivity contribution in [1.82, 2.24) is 15.0 Å². The van der Waals surface area contributed by atoms with E-state index in [-0.39, 0.29) is 0 Å². The number of nitrogens with two attached hydrogens (primary N) is 1. The maximum Gasteiger partial charge on any atom is 0.112 e. The summed E-state index contributed by atoms with van der Waals surface area (Å²) in [6.45, 7) is 2.93. The average molecular weight is 334 g/mol. The first kappa shape index (κ1) is 16.0. The Morgan fingerprint density at radius 3 is 2.96 bits per heavy atom. The van der Waals surface area contributed by atoms with Gasteiger partial charge >= 0.3 is 0 Å². The highest BCUT2D eigenvalue weighted by atomic mass is 16.5. The molecular formula is C20H22N4O. The number of methoxy groups -OCH3 is 1. The Labute approximate surface area is 147 Å². The lowest BCUT2D eigenvalue weighted by Gasteiger charge is -2.10. The van der Waals surface area contributed by atoms with Crippen LogP contribution in [0.25, 0.3) is 22.3 Å². The smallest absolute Gasteiger partial charge is 0.112 e. The van der Waals surface area contributed by atoms with Crippen molar-refractivity contribution in [2.24, 2.45) is 5.92 Å². The summed E-state index contributed by atoms with van der Waals surface area (Å²) in [7, 11) is 1.75. The van der Waals surface area contributed by atoms with Crippen LogP contribution in [0.15, 0.2) is 36.8 Å². The Kier molecular flexibility index (Phi) is 4.09. The van der Waals surface area contributed by atoms with Gasteiger partial charge in [-0.15, -0.1) is 0 Å². The van der Waals surface area contributed by atoms with Crippen molar-refractivity contribution in [2.45, 2.75) is 25.7 Å². The summed E-state index contributed by atoms with van der Waals surface area (Å²) in [6.07, 6.45) is 7.69. The number of ether oxygens (including phenoxy) is 1. The Bertz CT molecular complexity index is 925. The Balaban J connectivity index is 1.77. The quantitative estimate of drug-likeness (QED) is 0.772. The zero-order valence-electron chi connectivity index (χ0n) is 14.6. The van der Waals surface area contributed by atoms with E-state index in [1.807, 2.05) is 30.7 Å². The van der Waals surface area contributed by atoms with Crippen molar-refractivity contribution in [3.8, 4) is 11.3 Å². The zero-order chi connectivity index (χ0) is 17.4. The monoisotopic (exact) mass is 334 g/mol. The number of hydrogen-bond acceptors (Lipinski definition) is 5. The lowest BCUT2D eigenvalue weighted by Crippen LogP contribution is -1.99. The highest BCUT2D eigenvalue weighted by molar-refractivity contribution is 5.89. The van der Waals surface area contributed by atoms with Crippen LogP contribution in [0.2, 0.25) is 0 Å². The summed E-state index contributed by atoms with van der Waals surface area (Å²) in [5.74, 6) is 1.11. The molecule has 25 heavy (non-hydrogen) atoms. The molecule has 4 rings (SSSR count). The summed E-state index contributed by atoms with van der Waals surface area (Å²) in [6, 6.07) is 6.06. The fourth-order valence-corrected chi connectivity index (χ4v) is 3.51. The number of nitrogens with zero attached hydrogens (tertiary/aromatic N) is 3. The standard InChI is InChI=1S/C20H22N4O/c1-3-12-4-5-22-10-16(12)18-8-17(21)20-19(24-18)7-13(9-23-20)15-6-14(15)11-25-2/h4-5,7-10,14-15H,3,6,11H2,1-2H3,(H2,21,24). The van der Waals surface area contributed by atoms with Crippen molar-refractivity contribution in [2.75, 3.05) is 19.5 Å². The first-order valence-corrected chi connectivity index (χ1v) is 8.69. The minimum atomic E-state index is 0.521. The number of pyridine rings is 3. The lowest BCUT2D eigenvalue weighted by atomic mass is 10.0. The molecule has 3 aromatic heterocycles. The van der Waals surface area contributed by atoms with Gasteiger partial charge in [-0.2, -0.15) is 0 Å². The molecule has 1 fully saturated rings. The Morgan fingerprint density at radius 1 is 1.28 bits per heavy atom. The predicted octanol–water partition coefficient (Wildman–Crippen LogP) is 3.59. The van der Waals surface area contributed by atoms with E-state index in [1.165, 1.54) is 11.1 Å². The van der Waals surface area contributed by atoms with E-state index in [9.17, 15) is 0 Å². The van der Waals surface area contributed by atoms with Gasteiger partial charge in [0.15, 0.2) is 0 Å². The second-order valence-corrected chi connectivity index (χ2v) is 6.68. The van der Waals surface area contributed by atoms with Gasteiger partial charge in [0.2, 0.25) is 0 Å². The van der Waals surface area contributed by atoms with Gasteiger partial charge in [-0.25, -0.2) is 4.98 Å². The van der Waals surface area contributed by atoms with Crippen LogP contribution < -0.4 is 5.73 Å². The SMILES string of the molecule is CCc1ccncc1-c1cc(N)c2ncc(C3CC3COC)cc2n1. The first-order chi connectivity index (χ1) is 12.2. The van der Waals surface area contributed by atoms with E-state index in [0.29, 0.717) is 17.5 Å². The summed E-state index contributed by atoms with van der Waals surface area (Å²) in [5.41, 5.74) is 12.9. The Hall–Kier alpha value is -2.53. The molecule has 1 aliphatic carbocycles. The first-order valence-electron chi connectivity index (χ1n) is 8.69. The van der Waals surface area contributed by atoms with Crippen molar-refractivity contribution in [3.63, 3.8) is 0 Å². The van der Waals surface area contributed by atoms with Crippen LogP contribution in [0.1, 0.15) is 30.4 Å². The molecule has 1 aliphatic rings. The van der Waals surface area contributed by atoms with E-state index in [2.05, 4.69) is 23.0 Å². The second kappa shape index (κ2) is 6.41. The van der Waals surface area contributed by atoms with Crippen molar-refractivity contribution in [3.05, 3.63) is 47.9 Å². The summed E-state index contributed by atoms with van der Waals surface area (Å²) in [5, 5.41) is 0. The predicted molar refractivity (Wildman–Crippen MR) is 99.3 cm³/mol. The molecule has 2 unspecified atom stereocenters. The van der Waals surface area contributed by atoms with Crippen LogP contribution in [0, 0.1) is 5.92 Å². The van der Waals surface area contributed by atoms with Crippen LogP contribution >= 0.6 is 0 Å². The molecule has 0 bridgehead atoms. The van der Waals surface area contributed by atoms with Gasteiger partial charge in [-0.05, 0) is 54.0 Å². The number of fused-ring (bicyclic) bond motifs is 1. The van der Waals surface area contributed by atoms with Gasteiger partial charge in [0.25, 0.3) is 0 Å². The van der Waals surface area contributed by atoms with Crippen molar-refractivity contribution >= 4 is 16.7 Å². The van der Waals surface area contributed by atoms with E-state index < -0.39 is 0 Å². The third-order valence-electron chi connectivity index (χ3n) is 4.99. The lowest BCUT2D eigenvalue weighted by molar-refractivity contribution is 0.184. The molecule has 3 heterocycles. The van der Waals surface area contributed by atoms with Crippen LogP contribution in [0.5, 0.6) is 0 Å². The molecule has 3 aromatic rings. The number of rotatable bonds is 5. The van der Waals surface area contributed by atoms with Crippen LogP contribution in [-0.4, -0.2) is 28.7 Å². The molecule has 0 saturated heterocycles.